The van der Waals surface area contributed by atoms with Crippen LogP contribution < -0.4 is 16.2 Å². The monoisotopic (exact) mass is 299 g/mol. The number of nitrogens with two attached hydrogens (primary N) is 2. The third-order valence-corrected chi connectivity index (χ3v) is 4.05. The van der Waals surface area contributed by atoms with Gasteiger partial charge in [0.15, 0.2) is 0 Å². The molecule has 1 unspecified atom stereocenters. The standard InChI is InChI=1S/C14H25N3O2S/c1-3-4-5-6-7-11(2)17-13-8-12(15)9-14(10-13)20(16,18)19/h8-11,17H,3-7,15H2,1-2H3,(H2,16,18,19). The number of benzene rings is 1. The minimum atomic E-state index is -3.73. The van der Waals surface area contributed by atoms with E-state index in [1.807, 2.05) is 0 Å². The zero-order chi connectivity index (χ0) is 15.2. The molecule has 0 spiro atoms. The van der Waals surface area contributed by atoms with Crippen molar-refractivity contribution < 1.29 is 8.42 Å². The van der Waals surface area contributed by atoms with Gasteiger partial charge in [-0.2, -0.15) is 0 Å². The molecule has 0 heterocycles. The van der Waals surface area contributed by atoms with Crippen molar-refractivity contribution in [2.24, 2.45) is 5.14 Å². The Kier molecular flexibility index (Phi) is 6.29. The summed E-state index contributed by atoms with van der Waals surface area (Å²) in [6.07, 6.45) is 5.89. The number of sulfonamides is 1. The third-order valence-electron chi connectivity index (χ3n) is 3.16. The van der Waals surface area contributed by atoms with E-state index in [9.17, 15) is 8.42 Å². The van der Waals surface area contributed by atoms with Crippen molar-refractivity contribution in [1.29, 1.82) is 0 Å². The quantitative estimate of drug-likeness (QED) is 0.507. The molecule has 5 N–H and O–H groups in total. The van der Waals surface area contributed by atoms with Gasteiger partial charge in [-0.15, -0.1) is 0 Å². The summed E-state index contributed by atoms with van der Waals surface area (Å²) in [5.41, 5.74) is 6.79. The molecule has 6 heteroatoms. The molecule has 20 heavy (non-hydrogen) atoms. The molecule has 1 rings (SSSR count). The third kappa shape index (κ3) is 5.79. The average Bonchev–Trinajstić information content (AvgIpc) is 2.33. The second-order valence-corrected chi connectivity index (χ2v) is 6.79. The van der Waals surface area contributed by atoms with Gasteiger partial charge in [-0.3, -0.25) is 0 Å². The summed E-state index contributed by atoms with van der Waals surface area (Å²) < 4.78 is 22.7. The molecule has 0 radical (unpaired) electrons. The summed E-state index contributed by atoms with van der Waals surface area (Å²) in [5.74, 6) is 0. The van der Waals surface area contributed by atoms with Crippen molar-refractivity contribution in [3.05, 3.63) is 18.2 Å². The molecular weight excluding hydrogens is 274 g/mol. The average molecular weight is 299 g/mol. The van der Waals surface area contributed by atoms with E-state index in [0.717, 1.165) is 12.8 Å². The van der Waals surface area contributed by atoms with E-state index in [2.05, 4.69) is 19.2 Å². The first-order chi connectivity index (χ1) is 9.32. The van der Waals surface area contributed by atoms with Crippen LogP contribution in [0.25, 0.3) is 0 Å². The van der Waals surface area contributed by atoms with Gasteiger partial charge in [0.2, 0.25) is 10.0 Å². The molecule has 1 aromatic carbocycles. The van der Waals surface area contributed by atoms with Crippen molar-refractivity contribution in [3.8, 4) is 0 Å². The summed E-state index contributed by atoms with van der Waals surface area (Å²) in [4.78, 5) is 0.0400. The molecule has 1 atom stereocenters. The minimum absolute atomic E-state index is 0.0400. The first-order valence-corrected chi connectivity index (χ1v) is 8.57. The highest BCUT2D eigenvalue weighted by atomic mass is 32.2. The van der Waals surface area contributed by atoms with E-state index < -0.39 is 10.0 Å². The molecule has 5 nitrogen and oxygen atoms in total. The Balaban J connectivity index is 2.65. The molecule has 1 aromatic rings. The lowest BCUT2D eigenvalue weighted by atomic mass is 10.1. The Hall–Kier alpha value is -1.27. The number of nitrogens with one attached hydrogen (secondary N) is 1. The molecular formula is C14H25N3O2S. The van der Waals surface area contributed by atoms with Gasteiger partial charge in [-0.1, -0.05) is 32.6 Å². The summed E-state index contributed by atoms with van der Waals surface area (Å²) in [6, 6.07) is 4.87. The number of nitrogen functional groups attached to an aromatic ring is 1. The Morgan fingerprint density at radius 3 is 2.50 bits per heavy atom. The van der Waals surface area contributed by atoms with Crippen molar-refractivity contribution in [2.45, 2.75) is 56.9 Å². The fourth-order valence-electron chi connectivity index (χ4n) is 2.10. The number of hydrogen-bond acceptors (Lipinski definition) is 4. The number of unbranched alkanes of at least 4 members (excludes halogenated alkanes) is 3. The number of anilines is 2. The van der Waals surface area contributed by atoms with Crippen LogP contribution in [0.4, 0.5) is 11.4 Å². The second-order valence-electron chi connectivity index (χ2n) is 5.23. The molecule has 0 saturated carbocycles. The van der Waals surface area contributed by atoms with Gasteiger partial charge in [0, 0.05) is 17.4 Å². The maximum atomic E-state index is 11.4. The van der Waals surface area contributed by atoms with Gasteiger partial charge < -0.3 is 11.1 Å². The highest BCUT2D eigenvalue weighted by Crippen LogP contribution is 2.21. The van der Waals surface area contributed by atoms with Crippen LogP contribution in [0.3, 0.4) is 0 Å². The lowest BCUT2D eigenvalue weighted by molar-refractivity contribution is 0.593. The molecule has 0 aromatic heterocycles. The zero-order valence-electron chi connectivity index (χ0n) is 12.2. The van der Waals surface area contributed by atoms with Crippen molar-refractivity contribution in [1.82, 2.24) is 0 Å². The maximum Gasteiger partial charge on any atom is 0.238 e. The lowest BCUT2D eigenvalue weighted by Crippen LogP contribution is -2.17. The molecule has 0 amide bonds. The smallest absolute Gasteiger partial charge is 0.238 e. The van der Waals surface area contributed by atoms with E-state index in [1.54, 1.807) is 6.07 Å². The molecule has 0 saturated heterocycles. The van der Waals surface area contributed by atoms with Gasteiger partial charge in [-0.05, 0) is 31.5 Å². The zero-order valence-corrected chi connectivity index (χ0v) is 13.0. The molecule has 0 aliphatic heterocycles. The maximum absolute atomic E-state index is 11.4. The molecule has 0 fully saturated rings. The topological polar surface area (TPSA) is 98.2 Å². The molecule has 0 aliphatic rings. The lowest BCUT2D eigenvalue weighted by Gasteiger charge is -2.16. The van der Waals surface area contributed by atoms with Crippen LogP contribution in [-0.4, -0.2) is 14.5 Å². The van der Waals surface area contributed by atoms with E-state index in [0.29, 0.717) is 11.4 Å². The Bertz CT molecular complexity index is 529. The van der Waals surface area contributed by atoms with Crippen LogP contribution in [0.2, 0.25) is 0 Å². The van der Waals surface area contributed by atoms with Crippen LogP contribution >= 0.6 is 0 Å². The van der Waals surface area contributed by atoms with Crippen molar-refractivity contribution in [3.63, 3.8) is 0 Å². The van der Waals surface area contributed by atoms with E-state index in [1.165, 1.54) is 31.4 Å². The fourth-order valence-corrected chi connectivity index (χ4v) is 2.70. The van der Waals surface area contributed by atoms with Gasteiger partial charge in [0.05, 0.1) is 4.90 Å². The summed E-state index contributed by atoms with van der Waals surface area (Å²) in [5, 5.41) is 8.40. The second kappa shape index (κ2) is 7.50. The van der Waals surface area contributed by atoms with E-state index >= 15 is 0 Å². The van der Waals surface area contributed by atoms with E-state index in [4.69, 9.17) is 10.9 Å². The Morgan fingerprint density at radius 2 is 1.90 bits per heavy atom. The van der Waals surface area contributed by atoms with Crippen LogP contribution in [0.15, 0.2) is 23.1 Å². The fraction of sp³-hybridized carbons (Fsp3) is 0.571. The van der Waals surface area contributed by atoms with Crippen molar-refractivity contribution in [2.75, 3.05) is 11.1 Å². The molecule has 0 aliphatic carbocycles. The van der Waals surface area contributed by atoms with Crippen LogP contribution in [0.5, 0.6) is 0 Å². The van der Waals surface area contributed by atoms with Gasteiger partial charge in [0.25, 0.3) is 0 Å². The number of hydrogen-bond donors (Lipinski definition) is 3. The normalized spacial score (nSPS) is 13.2. The first-order valence-electron chi connectivity index (χ1n) is 7.03. The van der Waals surface area contributed by atoms with Crippen LogP contribution in [0, 0.1) is 0 Å². The van der Waals surface area contributed by atoms with Gasteiger partial charge in [-0.25, -0.2) is 13.6 Å². The largest absolute Gasteiger partial charge is 0.399 e. The summed E-state index contributed by atoms with van der Waals surface area (Å²) in [7, 11) is -3.73. The van der Waals surface area contributed by atoms with Crippen LogP contribution in [0.1, 0.15) is 46.0 Å². The minimum Gasteiger partial charge on any atom is -0.399 e. The Morgan fingerprint density at radius 1 is 1.20 bits per heavy atom. The van der Waals surface area contributed by atoms with Crippen molar-refractivity contribution >= 4 is 21.4 Å². The van der Waals surface area contributed by atoms with E-state index in [-0.39, 0.29) is 10.9 Å². The number of primary sulfonamides is 1. The predicted molar refractivity (Wildman–Crippen MR) is 84.1 cm³/mol. The first kappa shape index (κ1) is 16.8. The summed E-state index contributed by atoms with van der Waals surface area (Å²) in [6.45, 7) is 4.26. The Labute approximate surface area is 121 Å². The van der Waals surface area contributed by atoms with Gasteiger partial charge in [0.1, 0.15) is 0 Å². The highest BCUT2D eigenvalue weighted by molar-refractivity contribution is 7.89. The van der Waals surface area contributed by atoms with Gasteiger partial charge >= 0.3 is 0 Å². The predicted octanol–water partition coefficient (Wildman–Crippen LogP) is 2.69. The van der Waals surface area contributed by atoms with Crippen LogP contribution in [-0.2, 0) is 10.0 Å². The highest BCUT2D eigenvalue weighted by Gasteiger charge is 2.11. The molecule has 0 bridgehead atoms. The molecule has 114 valence electrons. The summed E-state index contributed by atoms with van der Waals surface area (Å²) >= 11 is 0. The SMILES string of the molecule is CCCCCCC(C)Nc1cc(N)cc(S(N)(=O)=O)c1. The number of rotatable bonds is 8.